The first-order valence-corrected chi connectivity index (χ1v) is 8.22. The quantitative estimate of drug-likeness (QED) is 0.466. The molecule has 0 spiro atoms. The summed E-state index contributed by atoms with van der Waals surface area (Å²) in [6.07, 6.45) is 47.5. The van der Waals surface area contributed by atoms with Crippen LogP contribution in [0.3, 0.4) is 0 Å². The monoisotopic (exact) mass is 313 g/mol. The Morgan fingerprint density at radius 1 is 0.375 bits per heavy atom. The molecule has 0 bridgehead atoms. The van der Waals surface area contributed by atoms with Gasteiger partial charge in [0.1, 0.15) is 0 Å². The molecule has 1 aliphatic rings. The third kappa shape index (κ3) is 14.1. The lowest BCUT2D eigenvalue weighted by molar-refractivity contribution is 1.03. The zero-order valence-electron chi connectivity index (χ0n) is 14.0. The summed E-state index contributed by atoms with van der Waals surface area (Å²) in [5.41, 5.74) is 0. The summed E-state index contributed by atoms with van der Waals surface area (Å²) < 4.78 is 0. The van der Waals surface area contributed by atoms with E-state index in [1.54, 1.807) is 0 Å². The smallest absolute Gasteiger partial charge is 0.0241 e. The second-order valence-electron chi connectivity index (χ2n) is 4.80. The van der Waals surface area contributed by atoms with Crippen molar-refractivity contribution in [3.8, 4) is 0 Å². The SMILES string of the molecule is [C]1=C/C=C/C=C\C=C\C=C\C=C\C=C/C=C/C=C/C=C/C=C\CC/1. The molecule has 1 radical (unpaired) electrons. The molecule has 0 aromatic carbocycles. The van der Waals surface area contributed by atoms with Gasteiger partial charge < -0.3 is 0 Å². The summed E-state index contributed by atoms with van der Waals surface area (Å²) in [6.45, 7) is 0. The van der Waals surface area contributed by atoms with Gasteiger partial charge in [0, 0.05) is 0 Å². The van der Waals surface area contributed by atoms with Crippen molar-refractivity contribution in [1.82, 2.24) is 0 Å². The minimum absolute atomic E-state index is 0.932. The molecule has 121 valence electrons. The van der Waals surface area contributed by atoms with Crippen LogP contribution in [0.1, 0.15) is 12.8 Å². The van der Waals surface area contributed by atoms with E-state index in [9.17, 15) is 0 Å². The second kappa shape index (κ2) is 16.5. The lowest BCUT2D eigenvalue weighted by atomic mass is 10.2. The number of hydrogen-bond donors (Lipinski definition) is 0. The molecule has 0 aromatic heterocycles. The molecule has 0 nitrogen and oxygen atoms in total. The van der Waals surface area contributed by atoms with E-state index in [0.717, 1.165) is 12.8 Å². The van der Waals surface area contributed by atoms with Gasteiger partial charge >= 0.3 is 0 Å². The Morgan fingerprint density at radius 2 is 0.708 bits per heavy atom. The molecule has 0 heteroatoms. The van der Waals surface area contributed by atoms with Gasteiger partial charge in [-0.25, -0.2) is 0 Å². The van der Waals surface area contributed by atoms with Gasteiger partial charge in [0.15, 0.2) is 0 Å². The van der Waals surface area contributed by atoms with Crippen LogP contribution in [-0.2, 0) is 0 Å². The fraction of sp³-hybridized carbons (Fsp3) is 0.0833. The average molecular weight is 313 g/mol. The minimum Gasteiger partial charge on any atom is -0.0842 e. The van der Waals surface area contributed by atoms with Crippen molar-refractivity contribution < 1.29 is 0 Å². The van der Waals surface area contributed by atoms with Gasteiger partial charge in [-0.15, -0.1) is 0 Å². The Bertz CT molecular complexity index is 565. The minimum atomic E-state index is 0.932. The zero-order valence-corrected chi connectivity index (χ0v) is 14.0. The maximum Gasteiger partial charge on any atom is -0.0241 e. The first-order chi connectivity index (χ1) is 12.0. The fourth-order valence-electron chi connectivity index (χ4n) is 1.64. The highest BCUT2D eigenvalue weighted by Gasteiger charge is 1.74. The van der Waals surface area contributed by atoms with Gasteiger partial charge in [0.25, 0.3) is 0 Å². The molecule has 0 fully saturated rings. The molecule has 0 saturated heterocycles. The van der Waals surface area contributed by atoms with Crippen molar-refractivity contribution in [3.05, 3.63) is 134 Å². The maximum atomic E-state index is 3.25. The molecular weight excluding hydrogens is 288 g/mol. The van der Waals surface area contributed by atoms with Crippen LogP contribution < -0.4 is 0 Å². The van der Waals surface area contributed by atoms with Crippen molar-refractivity contribution in [1.29, 1.82) is 0 Å². The van der Waals surface area contributed by atoms with E-state index in [-0.39, 0.29) is 0 Å². The van der Waals surface area contributed by atoms with E-state index in [1.807, 2.05) is 115 Å². The van der Waals surface area contributed by atoms with Crippen molar-refractivity contribution in [2.24, 2.45) is 0 Å². The molecule has 24 heavy (non-hydrogen) atoms. The summed E-state index contributed by atoms with van der Waals surface area (Å²) in [5.74, 6) is 0. The van der Waals surface area contributed by atoms with Crippen molar-refractivity contribution >= 4 is 0 Å². The van der Waals surface area contributed by atoms with Crippen molar-refractivity contribution in [2.45, 2.75) is 12.8 Å². The Hall–Kier alpha value is -2.86. The summed E-state index contributed by atoms with van der Waals surface area (Å²) >= 11 is 0. The van der Waals surface area contributed by atoms with E-state index >= 15 is 0 Å². The molecule has 0 amide bonds. The predicted molar refractivity (Wildman–Crippen MR) is 108 cm³/mol. The summed E-state index contributed by atoms with van der Waals surface area (Å²) in [4.78, 5) is 0. The van der Waals surface area contributed by atoms with Crippen LogP contribution in [-0.4, -0.2) is 0 Å². The van der Waals surface area contributed by atoms with Gasteiger partial charge in [-0.2, -0.15) is 0 Å². The highest BCUT2D eigenvalue weighted by atomic mass is 13.8. The van der Waals surface area contributed by atoms with Crippen LogP contribution >= 0.6 is 0 Å². The molecule has 0 aromatic rings. The second-order valence-corrected chi connectivity index (χ2v) is 4.80. The van der Waals surface area contributed by atoms with Gasteiger partial charge in [-0.3, -0.25) is 0 Å². The first-order valence-electron chi connectivity index (χ1n) is 8.22. The molecule has 0 atom stereocenters. The van der Waals surface area contributed by atoms with Crippen LogP contribution in [0.4, 0.5) is 0 Å². The third-order valence-electron chi connectivity index (χ3n) is 2.81. The van der Waals surface area contributed by atoms with E-state index in [2.05, 4.69) is 18.2 Å². The molecule has 0 saturated carbocycles. The number of hydrogen-bond acceptors (Lipinski definition) is 0. The van der Waals surface area contributed by atoms with Crippen LogP contribution in [0.25, 0.3) is 0 Å². The van der Waals surface area contributed by atoms with Crippen LogP contribution in [0.15, 0.2) is 128 Å². The molecule has 0 aliphatic heterocycles. The van der Waals surface area contributed by atoms with Crippen molar-refractivity contribution in [3.63, 3.8) is 0 Å². The largest absolute Gasteiger partial charge is 0.0842 e. The summed E-state index contributed by atoms with van der Waals surface area (Å²) in [5, 5.41) is 0. The van der Waals surface area contributed by atoms with Gasteiger partial charge in [-0.1, -0.05) is 128 Å². The van der Waals surface area contributed by atoms with Gasteiger partial charge in [-0.05, 0) is 18.9 Å². The zero-order chi connectivity index (χ0) is 17.0. The van der Waals surface area contributed by atoms with E-state index < -0.39 is 0 Å². The number of rotatable bonds is 0. The van der Waals surface area contributed by atoms with E-state index in [4.69, 9.17) is 0 Å². The van der Waals surface area contributed by atoms with Crippen molar-refractivity contribution in [2.75, 3.05) is 0 Å². The standard InChI is InChI=1S/C24H25/c1-2-4-6-8-10-12-14-16-18-20-22-24-23-21-19-17-15-13-11-9-7-5-3-1/h1-21H,22,24H2/b3-1+,4-2-,7-5+,8-6+,11-9+,12-10+,15-13-,16-14+,19-17+,20-18-,23-21?. The molecule has 0 heterocycles. The molecular formula is C24H25. The maximum absolute atomic E-state index is 3.25. The van der Waals surface area contributed by atoms with Gasteiger partial charge in [0.2, 0.25) is 0 Å². The molecule has 1 aliphatic carbocycles. The van der Waals surface area contributed by atoms with E-state index in [1.165, 1.54) is 0 Å². The summed E-state index contributed by atoms with van der Waals surface area (Å²) in [6, 6.07) is 0. The fourth-order valence-corrected chi connectivity index (χ4v) is 1.64. The Labute approximate surface area is 147 Å². The molecule has 1 rings (SSSR count). The number of allylic oxidation sites excluding steroid dienone is 22. The average Bonchev–Trinajstić information content (AvgIpc) is 2.59. The lowest BCUT2D eigenvalue weighted by Gasteiger charge is -1.83. The highest BCUT2D eigenvalue weighted by molar-refractivity contribution is 5.22. The normalized spacial score (nSPS) is 31.3. The Balaban J connectivity index is 2.60. The lowest BCUT2D eigenvalue weighted by Crippen LogP contribution is -1.64. The highest BCUT2D eigenvalue weighted by Crippen LogP contribution is 1.94. The van der Waals surface area contributed by atoms with E-state index in [0.29, 0.717) is 0 Å². The third-order valence-corrected chi connectivity index (χ3v) is 2.81. The summed E-state index contributed by atoms with van der Waals surface area (Å²) in [7, 11) is 0. The Morgan fingerprint density at radius 3 is 1.12 bits per heavy atom. The predicted octanol–water partition coefficient (Wildman–Crippen LogP) is 6.70. The molecule has 0 N–H and O–H groups in total. The topological polar surface area (TPSA) is 0 Å². The Kier molecular flexibility index (Phi) is 13.2. The van der Waals surface area contributed by atoms with Gasteiger partial charge in [0.05, 0.1) is 0 Å². The van der Waals surface area contributed by atoms with Crippen LogP contribution in [0, 0.1) is 6.08 Å². The molecule has 0 unspecified atom stereocenters. The van der Waals surface area contributed by atoms with Crippen LogP contribution in [0.2, 0.25) is 0 Å². The first kappa shape index (κ1) is 19.2. The van der Waals surface area contributed by atoms with Crippen LogP contribution in [0.5, 0.6) is 0 Å².